The molecule has 0 heterocycles. The van der Waals surface area contributed by atoms with E-state index in [2.05, 4.69) is 11.7 Å². The molecule has 0 aliphatic heterocycles. The molecule has 12 heteroatoms. The van der Waals surface area contributed by atoms with E-state index in [0.717, 1.165) is 43.9 Å². The van der Waals surface area contributed by atoms with Crippen molar-refractivity contribution in [2.75, 3.05) is 0 Å². The van der Waals surface area contributed by atoms with Gasteiger partial charge in [-0.1, -0.05) is 38.3 Å². The van der Waals surface area contributed by atoms with Crippen molar-refractivity contribution in [1.82, 2.24) is 0 Å². The Labute approximate surface area is 273 Å². The van der Waals surface area contributed by atoms with E-state index in [1.165, 1.54) is 12.1 Å². The van der Waals surface area contributed by atoms with E-state index in [9.17, 15) is 22.0 Å². The third kappa shape index (κ3) is 7.58. The predicted molar refractivity (Wildman–Crippen MR) is 161 cm³/mol. The molecule has 0 radical (unpaired) electrons. The van der Waals surface area contributed by atoms with Crippen molar-refractivity contribution in [2.24, 2.45) is 0 Å². The first-order chi connectivity index (χ1) is 23.2. The number of ether oxygens (including phenoxy) is 1. The normalized spacial score (nSPS) is 11.7. The van der Waals surface area contributed by atoms with Crippen molar-refractivity contribution >= 4 is 0 Å². The standard InChI is InChI=1S/C37H25F11O/c1-2-3-4-5-6-19-7-9-24(26(38)11-19)20-12-28(40)34(29(41)13-20)22-16-30(42)35(31(43)17-22)37(47,48)49-23-8-10-25(27(39)18-23)21-14-32(44)36(46)33(45)15-21/h7-18H,2-6H2,1H3. The fourth-order valence-corrected chi connectivity index (χ4v) is 5.41. The molecule has 0 aliphatic rings. The van der Waals surface area contributed by atoms with Crippen LogP contribution < -0.4 is 4.74 Å². The Kier molecular flexibility index (Phi) is 10.4. The van der Waals surface area contributed by atoms with E-state index in [4.69, 9.17) is 0 Å². The Bertz CT molecular complexity index is 1950. The van der Waals surface area contributed by atoms with Crippen molar-refractivity contribution in [1.29, 1.82) is 0 Å². The lowest BCUT2D eigenvalue weighted by atomic mass is 9.96. The molecule has 5 aromatic carbocycles. The number of hydrogen-bond donors (Lipinski definition) is 0. The second-order valence-corrected chi connectivity index (χ2v) is 11.3. The Morgan fingerprint density at radius 2 is 1.02 bits per heavy atom. The van der Waals surface area contributed by atoms with Crippen LogP contribution in [-0.4, -0.2) is 0 Å². The van der Waals surface area contributed by atoms with Crippen LogP contribution in [0.15, 0.2) is 72.8 Å². The Morgan fingerprint density at radius 3 is 1.55 bits per heavy atom. The van der Waals surface area contributed by atoms with Crippen LogP contribution in [-0.2, 0) is 12.5 Å². The van der Waals surface area contributed by atoms with Crippen LogP contribution in [0.3, 0.4) is 0 Å². The number of rotatable bonds is 11. The van der Waals surface area contributed by atoms with Gasteiger partial charge in [0.15, 0.2) is 17.5 Å². The Hall–Kier alpha value is -4.87. The van der Waals surface area contributed by atoms with Crippen molar-refractivity contribution in [2.45, 2.75) is 45.1 Å². The van der Waals surface area contributed by atoms with E-state index in [-0.39, 0.29) is 23.3 Å². The quantitative estimate of drug-likeness (QED) is 0.0760. The summed E-state index contributed by atoms with van der Waals surface area (Å²) in [5.74, 6) is -14.8. The number of hydrogen-bond acceptors (Lipinski definition) is 1. The van der Waals surface area contributed by atoms with Gasteiger partial charge in [-0.15, -0.1) is 0 Å². The summed E-state index contributed by atoms with van der Waals surface area (Å²) in [6, 6.07) is 8.92. The first-order valence-corrected chi connectivity index (χ1v) is 15.0. The van der Waals surface area contributed by atoms with Crippen LogP contribution in [0.2, 0.25) is 0 Å². The summed E-state index contributed by atoms with van der Waals surface area (Å²) in [6.45, 7) is 2.05. The van der Waals surface area contributed by atoms with Crippen molar-refractivity contribution in [3.63, 3.8) is 0 Å². The minimum atomic E-state index is -4.81. The molecule has 0 aliphatic carbocycles. The Morgan fingerprint density at radius 1 is 0.510 bits per heavy atom. The maximum absolute atomic E-state index is 15.2. The minimum absolute atomic E-state index is 0.132. The highest BCUT2D eigenvalue weighted by molar-refractivity contribution is 5.73. The molecule has 0 saturated heterocycles. The summed E-state index contributed by atoms with van der Waals surface area (Å²) in [5, 5.41) is 0. The molecule has 0 N–H and O–H groups in total. The average Bonchev–Trinajstić information content (AvgIpc) is 3.01. The molecule has 0 atom stereocenters. The lowest BCUT2D eigenvalue weighted by molar-refractivity contribution is -0.189. The first kappa shape index (κ1) is 35.4. The molecule has 256 valence electrons. The SMILES string of the molecule is CCCCCCc1ccc(-c2cc(F)c(-c3cc(F)c(C(F)(F)Oc4ccc(-c5cc(F)c(F)c(F)c5)c(F)c4)c(F)c3)c(F)c2)c(F)c1. The summed E-state index contributed by atoms with van der Waals surface area (Å²) < 4.78 is 165. The summed E-state index contributed by atoms with van der Waals surface area (Å²) >= 11 is 0. The number of unbranched alkanes of at least 4 members (excludes halogenated alkanes) is 3. The fraction of sp³-hybridized carbons (Fsp3) is 0.189. The predicted octanol–water partition coefficient (Wildman–Crippen LogP) is 12.2. The topological polar surface area (TPSA) is 9.23 Å². The van der Waals surface area contributed by atoms with Gasteiger partial charge < -0.3 is 4.74 Å². The van der Waals surface area contributed by atoms with Crippen LogP contribution in [0.1, 0.15) is 43.7 Å². The van der Waals surface area contributed by atoms with Crippen molar-refractivity contribution < 1.29 is 53.0 Å². The molecular weight excluding hydrogens is 669 g/mol. The highest BCUT2D eigenvalue weighted by atomic mass is 19.3. The fourth-order valence-electron chi connectivity index (χ4n) is 5.41. The molecule has 5 aromatic rings. The third-order valence-electron chi connectivity index (χ3n) is 7.81. The minimum Gasteiger partial charge on any atom is -0.429 e. The second kappa shape index (κ2) is 14.3. The molecule has 0 aromatic heterocycles. The molecule has 0 bridgehead atoms. The maximum Gasteiger partial charge on any atom is 0.432 e. The van der Waals surface area contributed by atoms with Gasteiger partial charge in [0.05, 0.1) is 5.56 Å². The van der Waals surface area contributed by atoms with Gasteiger partial charge in [0.25, 0.3) is 0 Å². The molecule has 0 saturated carbocycles. The van der Waals surface area contributed by atoms with Crippen LogP contribution in [0, 0.1) is 52.4 Å². The molecule has 0 fully saturated rings. The molecule has 49 heavy (non-hydrogen) atoms. The first-order valence-electron chi connectivity index (χ1n) is 15.0. The largest absolute Gasteiger partial charge is 0.432 e. The van der Waals surface area contributed by atoms with Crippen LogP contribution in [0.5, 0.6) is 5.75 Å². The van der Waals surface area contributed by atoms with Crippen LogP contribution in [0.4, 0.5) is 48.3 Å². The molecule has 0 amide bonds. The molecule has 0 spiro atoms. The zero-order valence-electron chi connectivity index (χ0n) is 25.5. The van der Waals surface area contributed by atoms with E-state index in [1.54, 1.807) is 6.07 Å². The second-order valence-electron chi connectivity index (χ2n) is 11.3. The number of aryl methyl sites for hydroxylation is 1. The third-order valence-corrected chi connectivity index (χ3v) is 7.81. The van der Waals surface area contributed by atoms with Gasteiger partial charge in [-0.05, 0) is 89.7 Å². The van der Waals surface area contributed by atoms with E-state index >= 15 is 26.3 Å². The van der Waals surface area contributed by atoms with E-state index in [0.29, 0.717) is 36.2 Å². The highest BCUT2D eigenvalue weighted by Gasteiger charge is 2.41. The van der Waals surface area contributed by atoms with Gasteiger partial charge >= 0.3 is 6.11 Å². The van der Waals surface area contributed by atoms with Gasteiger partial charge in [-0.3, -0.25) is 0 Å². The monoisotopic (exact) mass is 694 g/mol. The number of halogens is 11. The van der Waals surface area contributed by atoms with Crippen molar-refractivity contribution in [3.8, 4) is 39.1 Å². The summed E-state index contributed by atoms with van der Waals surface area (Å²) in [7, 11) is 0. The van der Waals surface area contributed by atoms with Gasteiger partial charge in [0.1, 0.15) is 46.2 Å². The summed E-state index contributed by atoms with van der Waals surface area (Å²) in [4.78, 5) is 0. The van der Waals surface area contributed by atoms with Crippen LogP contribution in [0.25, 0.3) is 33.4 Å². The zero-order valence-corrected chi connectivity index (χ0v) is 25.5. The molecule has 0 unspecified atom stereocenters. The smallest absolute Gasteiger partial charge is 0.429 e. The lowest BCUT2D eigenvalue weighted by Gasteiger charge is -2.20. The van der Waals surface area contributed by atoms with E-state index < -0.39 is 92.0 Å². The molecular formula is C37H25F11O. The Balaban J connectivity index is 1.39. The lowest BCUT2D eigenvalue weighted by Crippen LogP contribution is -2.25. The van der Waals surface area contributed by atoms with Gasteiger partial charge in [0.2, 0.25) is 0 Å². The molecule has 5 rings (SSSR count). The number of alkyl halides is 2. The molecule has 1 nitrogen and oxygen atoms in total. The average molecular weight is 695 g/mol. The van der Waals surface area contributed by atoms with Gasteiger partial charge in [-0.25, -0.2) is 39.5 Å². The highest BCUT2D eigenvalue weighted by Crippen LogP contribution is 2.40. The maximum atomic E-state index is 15.2. The van der Waals surface area contributed by atoms with E-state index in [1.807, 2.05) is 0 Å². The van der Waals surface area contributed by atoms with Gasteiger partial charge in [0, 0.05) is 17.2 Å². The van der Waals surface area contributed by atoms with Gasteiger partial charge in [-0.2, -0.15) is 8.78 Å². The van der Waals surface area contributed by atoms with Crippen LogP contribution >= 0.6 is 0 Å². The zero-order chi connectivity index (χ0) is 35.6. The summed E-state index contributed by atoms with van der Waals surface area (Å²) in [5.41, 5.74) is -4.41. The summed E-state index contributed by atoms with van der Waals surface area (Å²) in [6.07, 6.45) is -0.333. The van der Waals surface area contributed by atoms with Crippen molar-refractivity contribution in [3.05, 3.63) is 136 Å². The number of benzene rings is 5.